The molecule has 0 unspecified atom stereocenters. The van der Waals surface area contributed by atoms with Crippen LogP contribution in [0, 0.1) is 0 Å². The monoisotopic (exact) mass is 1040 g/mol. The molecule has 5 heteroatoms. The number of anilines is 9. The lowest BCUT2D eigenvalue weighted by molar-refractivity contribution is 0.332. The van der Waals surface area contributed by atoms with E-state index in [0.29, 0.717) is 5.82 Å². The molecule has 3 heterocycles. The fourth-order valence-corrected chi connectivity index (χ4v) is 15.1. The van der Waals surface area contributed by atoms with Gasteiger partial charge in [0.1, 0.15) is 11.6 Å². The van der Waals surface area contributed by atoms with Gasteiger partial charge >= 0.3 is 0 Å². The van der Waals surface area contributed by atoms with E-state index in [0.717, 1.165) is 96.2 Å². The Balaban J connectivity index is 1.26. The summed E-state index contributed by atoms with van der Waals surface area (Å²) in [7, 11) is 0. The van der Waals surface area contributed by atoms with Crippen molar-refractivity contribution in [3.05, 3.63) is 172 Å². The number of nitrogens with zero attached hydrogens (tertiary/aromatic N) is 4. The van der Waals surface area contributed by atoms with Crippen molar-refractivity contribution in [1.82, 2.24) is 4.98 Å². The van der Waals surface area contributed by atoms with Crippen LogP contribution in [0.2, 0.25) is 0 Å². The van der Waals surface area contributed by atoms with E-state index in [1.165, 1.54) is 49.4 Å². The van der Waals surface area contributed by atoms with Crippen LogP contribution >= 0.6 is 0 Å². The van der Waals surface area contributed by atoms with Gasteiger partial charge in [-0.1, -0.05) is 171 Å². The lowest BCUT2D eigenvalue weighted by Crippen LogP contribution is -2.62. The van der Waals surface area contributed by atoms with Gasteiger partial charge in [0.05, 0.1) is 13.7 Å². The Morgan fingerprint density at radius 3 is 1.12 bits per heavy atom. The molecule has 0 saturated heterocycles. The summed E-state index contributed by atoms with van der Waals surface area (Å²) in [4.78, 5) is 11.8. The van der Waals surface area contributed by atoms with Gasteiger partial charge in [-0.15, -0.1) is 0 Å². The van der Waals surface area contributed by atoms with E-state index in [-0.39, 0.29) is 49.1 Å². The largest absolute Gasteiger partial charge is 0.311 e. The smallest absolute Gasteiger partial charge is 0.254 e. The molecule has 0 atom stereocenters. The number of para-hydroxylation sites is 2. The molecule has 7 aromatic rings. The van der Waals surface area contributed by atoms with Crippen LogP contribution in [-0.4, -0.2) is 11.7 Å². The fourth-order valence-electron chi connectivity index (χ4n) is 15.1. The average Bonchev–Trinajstić information content (AvgIpc) is 0.701. The molecule has 6 aromatic carbocycles. The minimum absolute atomic E-state index is 0.0177. The molecular weight excluding hydrogens is 944 g/mol. The second-order valence-electron chi connectivity index (χ2n) is 29.6. The predicted octanol–water partition coefficient (Wildman–Crippen LogP) is 18.0. The molecule has 13 rings (SSSR count). The van der Waals surface area contributed by atoms with E-state index >= 15 is 0 Å². The first-order chi connectivity index (χ1) is 40.7. The Labute approximate surface area is 483 Å². The van der Waals surface area contributed by atoms with Crippen LogP contribution in [0.1, 0.15) is 220 Å². The van der Waals surface area contributed by atoms with Gasteiger partial charge in [0, 0.05) is 45.9 Å². The normalized spacial score (nSPS) is 23.2. The van der Waals surface area contributed by atoms with Gasteiger partial charge in [0.15, 0.2) is 0 Å². The fraction of sp³-hybridized carbons (Fsp3) is 0.438. The number of benzene rings is 6. The van der Waals surface area contributed by atoms with E-state index in [2.05, 4.69) is 181 Å². The van der Waals surface area contributed by atoms with Crippen LogP contribution in [0.3, 0.4) is 0 Å². The topological polar surface area (TPSA) is 22.6 Å². The summed E-state index contributed by atoms with van der Waals surface area (Å²) in [5, 5.41) is 0. The minimum Gasteiger partial charge on any atom is -0.311 e. The van der Waals surface area contributed by atoms with Gasteiger partial charge in [-0.2, -0.15) is 0 Å². The molecule has 400 valence electrons. The third-order valence-corrected chi connectivity index (χ3v) is 20.7. The number of pyridine rings is 1. The quantitative estimate of drug-likeness (QED) is 0.160. The number of hydrogen-bond acceptors (Lipinski definition) is 4. The number of aromatic nitrogens is 1. The maximum atomic E-state index is 9.74. The lowest BCUT2D eigenvalue weighted by atomic mass is 9.33. The lowest BCUT2D eigenvalue weighted by Gasteiger charge is -2.49. The number of fused-ring (bicyclic) bond motifs is 8. The zero-order valence-corrected chi connectivity index (χ0v) is 49.4. The maximum Gasteiger partial charge on any atom is 0.254 e. The number of hydrogen-bond donors (Lipinski definition) is 0. The second kappa shape index (κ2) is 16.7. The van der Waals surface area contributed by atoms with Crippen molar-refractivity contribution in [3.63, 3.8) is 0 Å². The van der Waals surface area contributed by atoms with Gasteiger partial charge < -0.3 is 4.90 Å². The average molecular weight is 1040 g/mol. The van der Waals surface area contributed by atoms with Crippen molar-refractivity contribution < 1.29 is 13.7 Å². The summed E-state index contributed by atoms with van der Waals surface area (Å²) < 4.78 is 93.3. The molecule has 78 heavy (non-hydrogen) atoms. The van der Waals surface area contributed by atoms with Crippen molar-refractivity contribution >= 4 is 74.5 Å². The Morgan fingerprint density at radius 1 is 0.385 bits per heavy atom. The minimum atomic E-state index is -0.636. The highest BCUT2D eigenvalue weighted by atomic mass is 15.3. The molecule has 0 fully saturated rings. The summed E-state index contributed by atoms with van der Waals surface area (Å²) in [5.74, 6) is 0.548. The summed E-state index contributed by atoms with van der Waals surface area (Å²) in [5.41, 5.74) is 15.8. The molecule has 0 bridgehead atoms. The van der Waals surface area contributed by atoms with E-state index in [1.54, 1.807) is 0 Å². The highest BCUT2D eigenvalue weighted by molar-refractivity contribution is 7.00. The molecule has 0 amide bonds. The third-order valence-electron chi connectivity index (χ3n) is 20.7. The second-order valence-corrected chi connectivity index (χ2v) is 29.6. The standard InChI is InChI=1S/C73H85BN4/c1-66(2)31-33-68(5,6)52-39-48(27-29-50(52)66)77-60-43-56-54(70(9,10)35-37-72(56,13)14)41-58(60)74-59-42-55-57(73(15,16)38-36-71(55,11)12)44-61(59)78(49-28-30-51-53(40-49)69(7,8)34-32-67(51,3)4)65-64(74)62(77)45-63(75-65)76(46-23-19-17-20-24-46)47-25-21-18-22-26-47/h17-30,39-45H,31-38H2,1-16H3/i17D,18D,19D,20D,21D,22D,23D,24D,25D,26D. The maximum absolute atomic E-state index is 9.74. The molecule has 0 spiro atoms. The SMILES string of the molecule is [2H]c1c([2H])c([2H])c(N(c2cc3c4c(n2)N(c2ccc5c(c2)C(C)(C)CCC5(C)C)c2cc5c(cc2B4c2cc4c(cc2N3c2ccc3c(c2)C(C)(C)CCC3(C)C)C(C)(C)CCC4(C)C)C(C)(C)CCC5(C)C)c2c([2H])c([2H])c([2H])c([2H])c2[2H])c([2H])c1[2H]. The Hall–Kier alpha value is -6.07. The first-order valence-electron chi connectivity index (χ1n) is 34.0. The first kappa shape index (κ1) is 41.0. The predicted molar refractivity (Wildman–Crippen MR) is 334 cm³/mol. The molecule has 4 nitrogen and oxygen atoms in total. The molecule has 1 aromatic heterocycles. The van der Waals surface area contributed by atoms with Gasteiger partial charge in [-0.05, 0) is 216 Å². The van der Waals surface area contributed by atoms with Crippen molar-refractivity contribution in [2.24, 2.45) is 0 Å². The highest BCUT2D eigenvalue weighted by Crippen LogP contribution is 2.56. The van der Waals surface area contributed by atoms with E-state index in [1.807, 2.05) is 6.07 Å². The molecule has 0 saturated carbocycles. The molecule has 2 aliphatic heterocycles. The summed E-state index contributed by atoms with van der Waals surface area (Å²) >= 11 is 0. The third kappa shape index (κ3) is 7.69. The Morgan fingerprint density at radius 2 is 0.718 bits per heavy atom. The van der Waals surface area contributed by atoms with Crippen LogP contribution in [-0.2, 0) is 43.3 Å². The van der Waals surface area contributed by atoms with Crippen molar-refractivity contribution in [3.8, 4) is 0 Å². The van der Waals surface area contributed by atoms with Crippen molar-refractivity contribution in [2.75, 3.05) is 14.7 Å². The first-order valence-corrected chi connectivity index (χ1v) is 29.0. The Kier molecular flexibility index (Phi) is 8.81. The van der Waals surface area contributed by atoms with E-state index in [4.69, 9.17) is 7.73 Å². The van der Waals surface area contributed by atoms with Crippen LogP contribution in [0.15, 0.2) is 127 Å². The zero-order valence-electron chi connectivity index (χ0n) is 59.4. The summed E-state index contributed by atoms with van der Waals surface area (Å²) in [6.07, 6.45) is 8.03. The van der Waals surface area contributed by atoms with Crippen LogP contribution in [0.4, 0.5) is 51.4 Å². The summed E-state index contributed by atoms with van der Waals surface area (Å²) in [6.45, 7) is 37.3. The van der Waals surface area contributed by atoms with Gasteiger partial charge in [0.25, 0.3) is 6.71 Å². The molecule has 6 aliphatic rings. The zero-order chi connectivity index (χ0) is 63.8. The van der Waals surface area contributed by atoms with Crippen molar-refractivity contribution in [2.45, 2.75) is 205 Å². The molecule has 0 radical (unpaired) electrons. The van der Waals surface area contributed by atoms with Gasteiger partial charge in [-0.25, -0.2) is 4.98 Å². The van der Waals surface area contributed by atoms with Crippen LogP contribution < -0.4 is 31.1 Å². The molecule has 4 aliphatic carbocycles. The van der Waals surface area contributed by atoms with E-state index in [9.17, 15) is 11.0 Å². The molecule has 0 N–H and O–H groups in total. The highest BCUT2D eigenvalue weighted by Gasteiger charge is 2.50. The van der Waals surface area contributed by atoms with E-state index < -0.39 is 78.5 Å². The summed E-state index contributed by atoms with van der Waals surface area (Å²) in [6, 6.07) is 19.5. The van der Waals surface area contributed by atoms with Crippen LogP contribution in [0.25, 0.3) is 0 Å². The van der Waals surface area contributed by atoms with Gasteiger partial charge in [0.2, 0.25) is 0 Å². The Bertz CT molecular complexity index is 3910. The number of rotatable bonds is 5. The van der Waals surface area contributed by atoms with Crippen LogP contribution in [0.5, 0.6) is 0 Å². The van der Waals surface area contributed by atoms with Gasteiger partial charge in [-0.3, -0.25) is 9.80 Å². The van der Waals surface area contributed by atoms with Crippen molar-refractivity contribution in [1.29, 1.82) is 0 Å². The molecular formula is C73H85BN4.